The van der Waals surface area contributed by atoms with Gasteiger partial charge in [0, 0.05) is 32.0 Å². The molecule has 72 valence electrons. The van der Waals surface area contributed by atoms with E-state index in [0.717, 1.165) is 6.54 Å². The fourth-order valence-electron chi connectivity index (χ4n) is 0.945. The van der Waals surface area contributed by atoms with Crippen molar-refractivity contribution in [3.63, 3.8) is 0 Å². The van der Waals surface area contributed by atoms with Crippen molar-refractivity contribution in [2.75, 3.05) is 20.3 Å². The van der Waals surface area contributed by atoms with E-state index < -0.39 is 0 Å². The van der Waals surface area contributed by atoms with E-state index in [1.54, 1.807) is 19.4 Å². The second kappa shape index (κ2) is 5.61. The first-order valence-corrected chi connectivity index (χ1v) is 4.12. The van der Waals surface area contributed by atoms with Crippen LogP contribution in [0.5, 0.6) is 0 Å². The van der Waals surface area contributed by atoms with E-state index in [4.69, 9.17) is 4.74 Å². The highest BCUT2D eigenvalue weighted by Gasteiger charge is 1.99. The number of pyridine rings is 1. The molecule has 13 heavy (non-hydrogen) atoms. The van der Waals surface area contributed by atoms with Crippen molar-refractivity contribution >= 4 is 0 Å². The maximum Gasteiger partial charge on any atom is 0.145 e. The maximum absolute atomic E-state index is 13.0. The van der Waals surface area contributed by atoms with Crippen molar-refractivity contribution in [2.24, 2.45) is 0 Å². The third-order valence-corrected chi connectivity index (χ3v) is 1.65. The first-order valence-electron chi connectivity index (χ1n) is 4.12. The molecule has 1 aromatic heterocycles. The van der Waals surface area contributed by atoms with Crippen molar-refractivity contribution in [2.45, 2.75) is 6.54 Å². The number of hydrogen-bond acceptors (Lipinski definition) is 3. The Bertz CT molecular complexity index is 255. The number of aromatic nitrogens is 1. The summed E-state index contributed by atoms with van der Waals surface area (Å²) in [6.07, 6.45) is 2.80. The van der Waals surface area contributed by atoms with Gasteiger partial charge in [-0.15, -0.1) is 0 Å². The van der Waals surface area contributed by atoms with Crippen LogP contribution in [0.1, 0.15) is 5.56 Å². The Morgan fingerprint density at radius 2 is 2.46 bits per heavy atom. The zero-order valence-electron chi connectivity index (χ0n) is 7.59. The fourth-order valence-corrected chi connectivity index (χ4v) is 0.945. The van der Waals surface area contributed by atoms with Gasteiger partial charge >= 0.3 is 0 Å². The molecule has 0 saturated carbocycles. The lowest BCUT2D eigenvalue weighted by Gasteiger charge is -2.04. The number of ether oxygens (including phenoxy) is 1. The molecular weight excluding hydrogens is 171 g/mol. The van der Waals surface area contributed by atoms with Crippen LogP contribution in [0.4, 0.5) is 4.39 Å². The smallest absolute Gasteiger partial charge is 0.145 e. The Balaban J connectivity index is 2.32. The predicted octanol–water partition coefficient (Wildman–Crippen LogP) is 0.957. The number of rotatable bonds is 5. The minimum Gasteiger partial charge on any atom is -0.383 e. The monoisotopic (exact) mass is 184 g/mol. The Hall–Kier alpha value is -1.00. The largest absolute Gasteiger partial charge is 0.383 e. The van der Waals surface area contributed by atoms with Gasteiger partial charge in [-0.2, -0.15) is 0 Å². The predicted molar refractivity (Wildman–Crippen MR) is 47.8 cm³/mol. The first kappa shape index (κ1) is 10.1. The maximum atomic E-state index is 13.0. The molecule has 0 radical (unpaired) electrons. The molecule has 0 atom stereocenters. The SMILES string of the molecule is COCCNCc1ccncc1F. The van der Waals surface area contributed by atoms with Gasteiger partial charge in [-0.25, -0.2) is 4.39 Å². The minimum atomic E-state index is -0.271. The fraction of sp³-hybridized carbons (Fsp3) is 0.444. The summed E-state index contributed by atoms with van der Waals surface area (Å²) in [6, 6.07) is 1.66. The van der Waals surface area contributed by atoms with Crippen molar-refractivity contribution < 1.29 is 9.13 Å². The van der Waals surface area contributed by atoms with Gasteiger partial charge in [-0.05, 0) is 6.07 Å². The van der Waals surface area contributed by atoms with E-state index in [2.05, 4.69) is 10.3 Å². The third kappa shape index (κ3) is 3.48. The lowest BCUT2D eigenvalue weighted by Crippen LogP contribution is -2.19. The molecule has 0 saturated heterocycles. The van der Waals surface area contributed by atoms with Gasteiger partial charge < -0.3 is 10.1 Å². The molecule has 1 aromatic rings. The summed E-state index contributed by atoms with van der Waals surface area (Å²) in [5, 5.41) is 3.05. The molecule has 3 nitrogen and oxygen atoms in total. The average molecular weight is 184 g/mol. The van der Waals surface area contributed by atoms with Crippen LogP contribution in [0.3, 0.4) is 0 Å². The minimum absolute atomic E-state index is 0.271. The third-order valence-electron chi connectivity index (χ3n) is 1.65. The van der Waals surface area contributed by atoms with Gasteiger partial charge in [-0.1, -0.05) is 0 Å². The average Bonchev–Trinajstić information content (AvgIpc) is 2.15. The summed E-state index contributed by atoms with van der Waals surface area (Å²) in [4.78, 5) is 3.66. The highest BCUT2D eigenvalue weighted by Crippen LogP contribution is 2.02. The summed E-state index contributed by atoms with van der Waals surface area (Å²) in [5.74, 6) is -0.271. The molecule has 0 aromatic carbocycles. The lowest BCUT2D eigenvalue weighted by atomic mass is 10.2. The Morgan fingerprint density at radius 1 is 1.62 bits per heavy atom. The van der Waals surface area contributed by atoms with Crippen LogP contribution < -0.4 is 5.32 Å². The van der Waals surface area contributed by atoms with Gasteiger partial charge in [0.2, 0.25) is 0 Å². The molecule has 0 bridgehead atoms. The summed E-state index contributed by atoms with van der Waals surface area (Å²) >= 11 is 0. The molecule has 0 amide bonds. The van der Waals surface area contributed by atoms with Gasteiger partial charge in [0.05, 0.1) is 12.8 Å². The number of hydrogen-bond donors (Lipinski definition) is 1. The zero-order valence-corrected chi connectivity index (χ0v) is 7.59. The Kier molecular flexibility index (Phi) is 4.35. The second-order valence-corrected chi connectivity index (χ2v) is 2.64. The normalized spacial score (nSPS) is 10.3. The van der Waals surface area contributed by atoms with Crippen molar-refractivity contribution in [3.05, 3.63) is 29.8 Å². The van der Waals surface area contributed by atoms with E-state index in [-0.39, 0.29) is 5.82 Å². The summed E-state index contributed by atoms with van der Waals surface area (Å²) in [5.41, 5.74) is 0.631. The second-order valence-electron chi connectivity index (χ2n) is 2.64. The molecule has 0 spiro atoms. The first-order chi connectivity index (χ1) is 6.34. The quantitative estimate of drug-likeness (QED) is 0.692. The lowest BCUT2D eigenvalue weighted by molar-refractivity contribution is 0.199. The standard InChI is InChI=1S/C9H13FN2O/c1-13-5-4-12-6-8-2-3-11-7-9(8)10/h2-3,7,12H,4-6H2,1H3. The van der Waals surface area contributed by atoms with Gasteiger partial charge in [0.15, 0.2) is 0 Å². The topological polar surface area (TPSA) is 34.1 Å². The highest BCUT2D eigenvalue weighted by molar-refractivity contribution is 5.11. The van der Waals surface area contributed by atoms with Gasteiger partial charge in [0.25, 0.3) is 0 Å². The van der Waals surface area contributed by atoms with Crippen LogP contribution in [-0.2, 0) is 11.3 Å². The zero-order chi connectivity index (χ0) is 9.52. The molecule has 1 rings (SSSR count). The van der Waals surface area contributed by atoms with Crippen molar-refractivity contribution in [1.82, 2.24) is 10.3 Å². The molecule has 0 aliphatic carbocycles. The molecule has 4 heteroatoms. The number of nitrogens with one attached hydrogen (secondary N) is 1. The highest BCUT2D eigenvalue weighted by atomic mass is 19.1. The summed E-state index contributed by atoms with van der Waals surface area (Å²) in [7, 11) is 1.63. The molecule has 1 N–H and O–H groups in total. The van der Waals surface area contributed by atoms with Crippen LogP contribution in [0, 0.1) is 5.82 Å². The summed E-state index contributed by atoms with van der Waals surface area (Å²) in [6.45, 7) is 1.86. The van der Waals surface area contributed by atoms with Crippen LogP contribution in [0.15, 0.2) is 18.5 Å². The summed E-state index contributed by atoms with van der Waals surface area (Å²) < 4.78 is 17.8. The molecule has 0 aliphatic heterocycles. The molecule has 0 aliphatic rings. The number of methoxy groups -OCH3 is 1. The Labute approximate surface area is 76.9 Å². The van der Waals surface area contributed by atoms with Gasteiger partial charge in [-0.3, -0.25) is 4.98 Å². The van der Waals surface area contributed by atoms with E-state index >= 15 is 0 Å². The number of nitrogens with zero attached hydrogens (tertiary/aromatic N) is 1. The molecule has 0 fully saturated rings. The van der Waals surface area contributed by atoms with Crippen molar-refractivity contribution in [1.29, 1.82) is 0 Å². The van der Waals surface area contributed by atoms with E-state index in [9.17, 15) is 4.39 Å². The van der Waals surface area contributed by atoms with Crippen LogP contribution in [0.2, 0.25) is 0 Å². The van der Waals surface area contributed by atoms with Gasteiger partial charge in [0.1, 0.15) is 5.82 Å². The van der Waals surface area contributed by atoms with E-state index in [1.807, 2.05) is 0 Å². The Morgan fingerprint density at radius 3 is 3.15 bits per heavy atom. The van der Waals surface area contributed by atoms with Crippen LogP contribution >= 0.6 is 0 Å². The molecular formula is C9H13FN2O. The van der Waals surface area contributed by atoms with Crippen LogP contribution in [0.25, 0.3) is 0 Å². The van der Waals surface area contributed by atoms with E-state index in [0.29, 0.717) is 18.7 Å². The van der Waals surface area contributed by atoms with Crippen molar-refractivity contribution in [3.8, 4) is 0 Å². The molecule has 0 unspecified atom stereocenters. The molecule has 1 heterocycles. The number of halogens is 1. The van der Waals surface area contributed by atoms with Crippen LogP contribution in [-0.4, -0.2) is 25.2 Å². The van der Waals surface area contributed by atoms with E-state index in [1.165, 1.54) is 6.20 Å².